The summed E-state index contributed by atoms with van der Waals surface area (Å²) in [6, 6.07) is -0.361. The van der Waals surface area contributed by atoms with Gasteiger partial charge in [0, 0.05) is 11.7 Å². The third kappa shape index (κ3) is 4.68. The lowest BCUT2D eigenvalue weighted by Gasteiger charge is -2.24. The van der Waals surface area contributed by atoms with Crippen LogP contribution in [0.1, 0.15) is 27.7 Å². The van der Waals surface area contributed by atoms with Crippen molar-refractivity contribution in [3.05, 3.63) is 17.0 Å². The van der Waals surface area contributed by atoms with Gasteiger partial charge in [-0.15, -0.1) is 0 Å². The number of carbonyl (C=O) groups excluding carboxylic acids is 1. The highest BCUT2D eigenvalue weighted by Gasteiger charge is 2.19. The molecule has 5 nitrogen and oxygen atoms in total. The van der Waals surface area contributed by atoms with Crippen LogP contribution in [0.5, 0.6) is 0 Å². The summed E-state index contributed by atoms with van der Waals surface area (Å²) in [6.45, 7) is 7.62. The summed E-state index contributed by atoms with van der Waals surface area (Å²) < 4.78 is 0.732. The molecule has 0 aromatic carbocycles. The highest BCUT2D eigenvalue weighted by Crippen LogP contribution is 2.17. The minimum absolute atomic E-state index is 0.0667. The summed E-state index contributed by atoms with van der Waals surface area (Å²) in [4.78, 5) is 19.7. The van der Waals surface area contributed by atoms with Gasteiger partial charge >= 0.3 is 0 Å². The van der Waals surface area contributed by atoms with E-state index in [1.807, 2.05) is 20.8 Å². The number of hydrogen-bond acceptors (Lipinski definition) is 4. The van der Waals surface area contributed by atoms with Crippen molar-refractivity contribution in [3.8, 4) is 0 Å². The molecule has 0 spiro atoms. The number of halogens is 1. The number of amides is 1. The van der Waals surface area contributed by atoms with Crippen molar-refractivity contribution in [2.45, 2.75) is 39.3 Å². The van der Waals surface area contributed by atoms with Gasteiger partial charge in [-0.25, -0.2) is 9.97 Å². The first-order valence-corrected chi connectivity index (χ1v) is 6.13. The molecule has 1 rings (SSSR count). The molecule has 17 heavy (non-hydrogen) atoms. The Morgan fingerprint density at radius 3 is 2.65 bits per heavy atom. The molecule has 6 heteroatoms. The summed E-state index contributed by atoms with van der Waals surface area (Å²) in [5.41, 5.74) is -0.240. The molecule has 2 N–H and O–H groups in total. The molecule has 1 heterocycles. The molecule has 0 radical (unpaired) electrons. The summed E-state index contributed by atoms with van der Waals surface area (Å²) >= 11 is 3.32. The fourth-order valence-electron chi connectivity index (χ4n) is 1.17. The molecule has 0 aliphatic heterocycles. The third-order valence-electron chi connectivity index (χ3n) is 1.91. The van der Waals surface area contributed by atoms with Gasteiger partial charge in [0.15, 0.2) is 0 Å². The Bertz CT molecular complexity index is 403. The number of rotatable bonds is 3. The molecule has 1 amide bonds. The molecule has 0 saturated heterocycles. The van der Waals surface area contributed by atoms with E-state index in [0.717, 1.165) is 4.47 Å². The molecule has 0 aliphatic rings. The molecule has 1 atom stereocenters. The van der Waals surface area contributed by atoms with Crippen LogP contribution in [-0.2, 0) is 4.79 Å². The fraction of sp³-hybridized carbons (Fsp3) is 0.545. The maximum atomic E-state index is 11.8. The van der Waals surface area contributed by atoms with Crippen LogP contribution >= 0.6 is 15.9 Å². The molecule has 0 aliphatic carbocycles. The number of aromatic nitrogens is 2. The van der Waals surface area contributed by atoms with Gasteiger partial charge < -0.3 is 10.6 Å². The Balaban J connectivity index is 2.64. The zero-order valence-corrected chi connectivity index (χ0v) is 12.0. The van der Waals surface area contributed by atoms with E-state index < -0.39 is 0 Å². The number of nitrogens with zero attached hydrogens (tertiary/aromatic N) is 2. The van der Waals surface area contributed by atoms with Gasteiger partial charge in [0.05, 0.1) is 4.47 Å². The van der Waals surface area contributed by atoms with Crippen molar-refractivity contribution in [1.29, 1.82) is 0 Å². The van der Waals surface area contributed by atoms with E-state index in [1.165, 1.54) is 6.33 Å². The molecule has 1 aromatic rings. The SMILES string of the molecule is CC(Nc1ncncc1Br)C(=O)NC(C)(C)C. The van der Waals surface area contributed by atoms with E-state index in [1.54, 1.807) is 13.1 Å². The monoisotopic (exact) mass is 300 g/mol. The first kappa shape index (κ1) is 13.9. The highest BCUT2D eigenvalue weighted by molar-refractivity contribution is 9.10. The fourth-order valence-corrected chi connectivity index (χ4v) is 1.50. The molecule has 1 unspecified atom stereocenters. The van der Waals surface area contributed by atoms with E-state index in [2.05, 4.69) is 36.5 Å². The van der Waals surface area contributed by atoms with Crippen molar-refractivity contribution in [3.63, 3.8) is 0 Å². The second kappa shape index (κ2) is 5.44. The van der Waals surface area contributed by atoms with Gasteiger partial charge in [-0.1, -0.05) is 0 Å². The molecule has 1 aromatic heterocycles. The van der Waals surface area contributed by atoms with Crippen molar-refractivity contribution < 1.29 is 4.79 Å². The molecular weight excluding hydrogens is 284 g/mol. The Morgan fingerprint density at radius 1 is 1.47 bits per heavy atom. The summed E-state index contributed by atoms with van der Waals surface area (Å²) in [6.07, 6.45) is 3.06. The Kier molecular flexibility index (Phi) is 4.45. The summed E-state index contributed by atoms with van der Waals surface area (Å²) in [5.74, 6) is 0.541. The maximum absolute atomic E-state index is 11.8. The van der Waals surface area contributed by atoms with Crippen molar-refractivity contribution >= 4 is 27.7 Å². The lowest BCUT2D eigenvalue weighted by Crippen LogP contribution is -2.47. The molecule has 0 saturated carbocycles. The van der Waals surface area contributed by atoms with Crippen LogP contribution in [0.25, 0.3) is 0 Å². The van der Waals surface area contributed by atoms with Gasteiger partial charge in [-0.05, 0) is 43.6 Å². The average molecular weight is 301 g/mol. The maximum Gasteiger partial charge on any atom is 0.242 e. The number of carbonyl (C=O) groups is 1. The van der Waals surface area contributed by atoms with Crippen LogP contribution in [0.15, 0.2) is 17.0 Å². The Morgan fingerprint density at radius 2 is 2.12 bits per heavy atom. The number of hydrogen-bond donors (Lipinski definition) is 2. The normalized spacial score (nSPS) is 13.0. The molecule has 0 bridgehead atoms. The average Bonchev–Trinajstić information content (AvgIpc) is 2.18. The van der Waals surface area contributed by atoms with Crippen LogP contribution in [0.3, 0.4) is 0 Å². The lowest BCUT2D eigenvalue weighted by molar-refractivity contribution is -0.122. The smallest absolute Gasteiger partial charge is 0.242 e. The largest absolute Gasteiger partial charge is 0.358 e. The topological polar surface area (TPSA) is 66.9 Å². The predicted octanol–water partition coefficient (Wildman–Crippen LogP) is 1.95. The Hall–Kier alpha value is -1.17. The standard InChI is InChI=1S/C11H17BrN4O/c1-7(10(17)16-11(2,3)4)15-9-8(12)5-13-6-14-9/h5-7H,1-4H3,(H,16,17)(H,13,14,15). The molecular formula is C11H17BrN4O. The minimum atomic E-state index is -0.361. The van der Waals surface area contributed by atoms with Crippen molar-refractivity contribution in [1.82, 2.24) is 15.3 Å². The van der Waals surface area contributed by atoms with Crippen molar-refractivity contribution in [2.24, 2.45) is 0 Å². The van der Waals surface area contributed by atoms with Gasteiger partial charge in [-0.3, -0.25) is 4.79 Å². The van der Waals surface area contributed by atoms with Crippen molar-refractivity contribution in [2.75, 3.05) is 5.32 Å². The van der Waals surface area contributed by atoms with E-state index >= 15 is 0 Å². The van der Waals surface area contributed by atoms with E-state index in [4.69, 9.17) is 0 Å². The van der Waals surface area contributed by atoms with E-state index in [9.17, 15) is 4.79 Å². The van der Waals surface area contributed by atoms with Gasteiger partial charge in [0.25, 0.3) is 0 Å². The zero-order chi connectivity index (χ0) is 13.1. The van der Waals surface area contributed by atoms with Gasteiger partial charge in [0.1, 0.15) is 18.2 Å². The quantitative estimate of drug-likeness (QED) is 0.895. The van der Waals surface area contributed by atoms with E-state index in [-0.39, 0.29) is 17.5 Å². The van der Waals surface area contributed by atoms with E-state index in [0.29, 0.717) is 5.82 Å². The lowest BCUT2D eigenvalue weighted by atomic mass is 10.1. The van der Waals surface area contributed by atoms with Crippen LogP contribution < -0.4 is 10.6 Å². The van der Waals surface area contributed by atoms with Gasteiger partial charge in [-0.2, -0.15) is 0 Å². The van der Waals surface area contributed by atoms with Crippen LogP contribution in [0.4, 0.5) is 5.82 Å². The van der Waals surface area contributed by atoms with Crippen LogP contribution in [-0.4, -0.2) is 27.5 Å². The molecule has 94 valence electrons. The first-order chi connectivity index (χ1) is 7.79. The number of nitrogens with one attached hydrogen (secondary N) is 2. The zero-order valence-electron chi connectivity index (χ0n) is 10.4. The minimum Gasteiger partial charge on any atom is -0.358 e. The first-order valence-electron chi connectivity index (χ1n) is 5.33. The molecule has 0 fully saturated rings. The van der Waals surface area contributed by atoms with Crippen LogP contribution in [0, 0.1) is 0 Å². The van der Waals surface area contributed by atoms with Crippen LogP contribution in [0.2, 0.25) is 0 Å². The third-order valence-corrected chi connectivity index (χ3v) is 2.49. The second-order valence-electron chi connectivity index (χ2n) is 4.82. The predicted molar refractivity (Wildman–Crippen MR) is 70.7 cm³/mol. The summed E-state index contributed by atoms with van der Waals surface area (Å²) in [7, 11) is 0. The second-order valence-corrected chi connectivity index (χ2v) is 5.68. The highest BCUT2D eigenvalue weighted by atomic mass is 79.9. The summed E-state index contributed by atoms with van der Waals surface area (Å²) in [5, 5.41) is 5.92. The Labute approximate surface area is 110 Å². The van der Waals surface area contributed by atoms with Gasteiger partial charge in [0.2, 0.25) is 5.91 Å². The number of anilines is 1.